The minimum Gasteiger partial charge on any atom is -0.479 e. The van der Waals surface area contributed by atoms with E-state index < -0.39 is 23.8 Å². The summed E-state index contributed by atoms with van der Waals surface area (Å²) in [7, 11) is 0. The number of carbonyl (C=O) groups excluding carboxylic acids is 1. The van der Waals surface area contributed by atoms with Gasteiger partial charge in [-0.1, -0.05) is 17.7 Å². The molecule has 1 amide bonds. The first kappa shape index (κ1) is 13.8. The summed E-state index contributed by atoms with van der Waals surface area (Å²) in [5.74, 6) is -2.32. The van der Waals surface area contributed by atoms with Crippen molar-refractivity contribution < 1.29 is 23.8 Å². The van der Waals surface area contributed by atoms with Crippen LogP contribution in [0.4, 0.5) is 4.39 Å². The van der Waals surface area contributed by atoms with Crippen molar-refractivity contribution in [2.75, 3.05) is 19.7 Å². The second kappa shape index (κ2) is 5.54. The minimum absolute atomic E-state index is 0.0210. The number of benzene rings is 1. The molecule has 1 aliphatic rings. The van der Waals surface area contributed by atoms with Crippen molar-refractivity contribution in [3.63, 3.8) is 0 Å². The molecule has 5 nitrogen and oxygen atoms in total. The molecule has 0 aromatic heterocycles. The highest BCUT2D eigenvalue weighted by molar-refractivity contribution is 6.34. The summed E-state index contributed by atoms with van der Waals surface area (Å²) >= 11 is 5.74. The van der Waals surface area contributed by atoms with Crippen LogP contribution >= 0.6 is 11.6 Å². The molecule has 1 aromatic rings. The molecular formula is C12H11ClFNO4. The van der Waals surface area contributed by atoms with Crippen LogP contribution in [0.15, 0.2) is 18.2 Å². The second-order valence-electron chi connectivity index (χ2n) is 4.05. The number of carboxylic acids is 1. The van der Waals surface area contributed by atoms with Gasteiger partial charge in [0.25, 0.3) is 5.91 Å². The first-order chi connectivity index (χ1) is 9.00. The molecule has 1 aromatic carbocycles. The van der Waals surface area contributed by atoms with Crippen molar-refractivity contribution in [1.29, 1.82) is 0 Å². The Balaban J connectivity index is 2.19. The normalized spacial score (nSPS) is 19.3. The number of rotatable bonds is 2. The number of carboxylic acid groups (broad SMARTS) is 1. The zero-order valence-electron chi connectivity index (χ0n) is 9.81. The molecule has 7 heteroatoms. The van der Waals surface area contributed by atoms with Gasteiger partial charge in [0.2, 0.25) is 0 Å². The summed E-state index contributed by atoms with van der Waals surface area (Å²) in [4.78, 5) is 24.3. The average molecular weight is 288 g/mol. The number of carbonyl (C=O) groups is 2. The number of halogens is 2. The van der Waals surface area contributed by atoms with Gasteiger partial charge in [-0.25, -0.2) is 9.18 Å². The van der Waals surface area contributed by atoms with Gasteiger partial charge in [-0.2, -0.15) is 0 Å². The van der Waals surface area contributed by atoms with Gasteiger partial charge >= 0.3 is 5.97 Å². The average Bonchev–Trinajstić information content (AvgIpc) is 2.41. The largest absolute Gasteiger partial charge is 0.479 e. The monoisotopic (exact) mass is 287 g/mol. The molecule has 0 unspecified atom stereocenters. The summed E-state index contributed by atoms with van der Waals surface area (Å²) in [5.41, 5.74) is 0.0210. The van der Waals surface area contributed by atoms with Crippen LogP contribution in [-0.4, -0.2) is 47.7 Å². The van der Waals surface area contributed by atoms with Crippen LogP contribution in [0.25, 0.3) is 0 Å². The van der Waals surface area contributed by atoms with Gasteiger partial charge in [0, 0.05) is 6.54 Å². The Labute approximate surface area is 113 Å². The van der Waals surface area contributed by atoms with E-state index in [1.165, 1.54) is 17.0 Å². The molecule has 1 saturated heterocycles. The number of aliphatic carboxylic acids is 1. The molecule has 1 fully saturated rings. The van der Waals surface area contributed by atoms with E-state index in [2.05, 4.69) is 0 Å². The van der Waals surface area contributed by atoms with Crippen LogP contribution in [0.5, 0.6) is 0 Å². The molecule has 1 aliphatic heterocycles. The number of ether oxygens (including phenoxy) is 1. The summed E-state index contributed by atoms with van der Waals surface area (Å²) in [6.45, 7) is 0.284. The molecule has 2 rings (SSSR count). The standard InChI is InChI=1S/C12H11ClFNO4/c13-10-7(2-1-3-8(10)14)11(16)15-4-5-19-9(6-15)12(17)18/h1-3,9H,4-6H2,(H,17,18)/t9-/m0/s1. The quantitative estimate of drug-likeness (QED) is 0.893. The third kappa shape index (κ3) is 2.85. The molecule has 19 heavy (non-hydrogen) atoms. The van der Waals surface area contributed by atoms with Crippen molar-refractivity contribution in [2.24, 2.45) is 0 Å². The highest BCUT2D eigenvalue weighted by Gasteiger charge is 2.30. The van der Waals surface area contributed by atoms with Crippen molar-refractivity contribution in [1.82, 2.24) is 4.90 Å². The highest BCUT2D eigenvalue weighted by Crippen LogP contribution is 2.22. The van der Waals surface area contributed by atoms with E-state index >= 15 is 0 Å². The van der Waals surface area contributed by atoms with Crippen LogP contribution in [0.3, 0.4) is 0 Å². The maximum Gasteiger partial charge on any atom is 0.334 e. The Morgan fingerprint density at radius 3 is 2.89 bits per heavy atom. The summed E-state index contributed by atoms with van der Waals surface area (Å²) in [6.07, 6.45) is -1.06. The van der Waals surface area contributed by atoms with Crippen LogP contribution < -0.4 is 0 Å². The number of hydrogen-bond donors (Lipinski definition) is 1. The third-order valence-corrected chi connectivity index (χ3v) is 3.20. The Hall–Kier alpha value is -1.66. The van der Waals surface area contributed by atoms with Gasteiger partial charge < -0.3 is 14.7 Å². The fourth-order valence-electron chi connectivity index (χ4n) is 1.82. The van der Waals surface area contributed by atoms with Crippen molar-refractivity contribution in [2.45, 2.75) is 6.10 Å². The fourth-order valence-corrected chi connectivity index (χ4v) is 2.03. The SMILES string of the molecule is O=C(O)[C@@H]1CN(C(=O)c2cccc(F)c2Cl)CCO1. The van der Waals surface area contributed by atoms with Crippen LogP contribution in [0.2, 0.25) is 5.02 Å². The van der Waals surface area contributed by atoms with E-state index in [4.69, 9.17) is 21.4 Å². The lowest BCUT2D eigenvalue weighted by Crippen LogP contribution is -2.48. The van der Waals surface area contributed by atoms with Crippen LogP contribution in [0, 0.1) is 5.82 Å². The first-order valence-corrected chi connectivity index (χ1v) is 5.96. The van der Waals surface area contributed by atoms with Crippen molar-refractivity contribution >= 4 is 23.5 Å². The van der Waals surface area contributed by atoms with Crippen LogP contribution in [0.1, 0.15) is 10.4 Å². The van der Waals surface area contributed by atoms with E-state index in [0.717, 1.165) is 6.07 Å². The van der Waals surface area contributed by atoms with E-state index in [1.54, 1.807) is 0 Å². The Bertz CT molecular complexity index is 522. The van der Waals surface area contributed by atoms with Gasteiger partial charge in [0.05, 0.1) is 23.7 Å². The number of morpholine rings is 1. The maximum absolute atomic E-state index is 13.3. The van der Waals surface area contributed by atoms with Gasteiger partial charge in [0.1, 0.15) is 5.82 Å². The molecule has 0 aliphatic carbocycles. The maximum atomic E-state index is 13.3. The van der Waals surface area contributed by atoms with Gasteiger partial charge in [-0.05, 0) is 12.1 Å². The zero-order chi connectivity index (χ0) is 14.0. The molecule has 0 saturated carbocycles. The molecule has 1 heterocycles. The second-order valence-corrected chi connectivity index (χ2v) is 4.43. The molecule has 1 N–H and O–H groups in total. The Morgan fingerprint density at radius 1 is 1.47 bits per heavy atom. The predicted molar refractivity (Wildman–Crippen MR) is 64.7 cm³/mol. The molecule has 0 radical (unpaired) electrons. The number of hydrogen-bond acceptors (Lipinski definition) is 3. The van der Waals surface area contributed by atoms with E-state index in [0.29, 0.717) is 0 Å². The summed E-state index contributed by atoms with van der Waals surface area (Å²) < 4.78 is 18.3. The van der Waals surface area contributed by atoms with Gasteiger partial charge in [-0.15, -0.1) is 0 Å². The number of amides is 1. The molecule has 0 bridgehead atoms. The number of nitrogens with zero attached hydrogens (tertiary/aromatic N) is 1. The summed E-state index contributed by atoms with van der Waals surface area (Å²) in [6, 6.07) is 3.93. The summed E-state index contributed by atoms with van der Waals surface area (Å²) in [5, 5.41) is 8.60. The first-order valence-electron chi connectivity index (χ1n) is 5.58. The fraction of sp³-hybridized carbons (Fsp3) is 0.333. The topological polar surface area (TPSA) is 66.8 Å². The molecular weight excluding hydrogens is 277 g/mol. The van der Waals surface area contributed by atoms with Crippen molar-refractivity contribution in [3.05, 3.63) is 34.6 Å². The third-order valence-electron chi connectivity index (χ3n) is 2.81. The van der Waals surface area contributed by atoms with Crippen molar-refractivity contribution in [3.8, 4) is 0 Å². The van der Waals surface area contributed by atoms with Gasteiger partial charge in [-0.3, -0.25) is 4.79 Å². The molecule has 1 atom stereocenters. The smallest absolute Gasteiger partial charge is 0.334 e. The lowest BCUT2D eigenvalue weighted by atomic mass is 10.1. The zero-order valence-corrected chi connectivity index (χ0v) is 10.6. The Morgan fingerprint density at radius 2 is 2.21 bits per heavy atom. The minimum atomic E-state index is -1.14. The molecule has 102 valence electrons. The van der Waals surface area contributed by atoms with E-state index in [1.807, 2.05) is 0 Å². The Kier molecular flexibility index (Phi) is 4.01. The predicted octanol–water partition coefficient (Wildman–Crippen LogP) is 1.40. The lowest BCUT2D eigenvalue weighted by Gasteiger charge is -2.31. The lowest BCUT2D eigenvalue weighted by molar-refractivity contribution is -0.154. The van der Waals surface area contributed by atoms with E-state index in [9.17, 15) is 14.0 Å². The molecule has 0 spiro atoms. The highest BCUT2D eigenvalue weighted by atomic mass is 35.5. The van der Waals surface area contributed by atoms with Crippen LogP contribution in [-0.2, 0) is 9.53 Å². The van der Waals surface area contributed by atoms with Gasteiger partial charge in [0.15, 0.2) is 6.10 Å². The van der Waals surface area contributed by atoms with E-state index in [-0.39, 0.29) is 30.3 Å².